The van der Waals surface area contributed by atoms with Gasteiger partial charge in [-0.3, -0.25) is 4.79 Å². The summed E-state index contributed by atoms with van der Waals surface area (Å²) in [5.74, 6) is 3.13. The zero-order valence-electron chi connectivity index (χ0n) is 11.8. The van der Waals surface area contributed by atoms with Crippen molar-refractivity contribution in [3.8, 4) is 0 Å². The van der Waals surface area contributed by atoms with Gasteiger partial charge in [0.25, 0.3) is 0 Å². The first-order chi connectivity index (χ1) is 7.83. The summed E-state index contributed by atoms with van der Waals surface area (Å²) in [6.07, 6.45) is 3.87. The number of cyclic esters (lactones) is 1. The minimum atomic E-state index is -0.179. The zero-order chi connectivity index (χ0) is 12.8. The smallest absolute Gasteiger partial charge is 0.310 e. The van der Waals surface area contributed by atoms with Gasteiger partial charge < -0.3 is 4.74 Å². The first kappa shape index (κ1) is 12.9. The van der Waals surface area contributed by atoms with Gasteiger partial charge in [0, 0.05) is 5.92 Å². The Morgan fingerprint density at radius 2 is 1.71 bits per heavy atom. The van der Waals surface area contributed by atoms with Crippen LogP contribution in [0.1, 0.15) is 53.9 Å². The molecule has 2 heteroatoms. The van der Waals surface area contributed by atoms with Crippen molar-refractivity contribution in [1.29, 1.82) is 0 Å². The molecule has 2 nitrogen and oxygen atoms in total. The minimum absolute atomic E-state index is 0.0854. The van der Waals surface area contributed by atoms with E-state index >= 15 is 0 Å². The van der Waals surface area contributed by atoms with Crippen molar-refractivity contribution in [2.45, 2.75) is 59.5 Å². The van der Waals surface area contributed by atoms with Crippen LogP contribution in [0.4, 0.5) is 0 Å². The second-order valence-electron chi connectivity index (χ2n) is 7.14. The molecular formula is C15H26O2. The van der Waals surface area contributed by atoms with Crippen LogP contribution in [0, 0.1) is 29.6 Å². The van der Waals surface area contributed by atoms with Crippen LogP contribution >= 0.6 is 0 Å². The highest BCUT2D eigenvalue weighted by molar-refractivity contribution is 5.77. The van der Waals surface area contributed by atoms with E-state index in [9.17, 15) is 4.79 Å². The maximum atomic E-state index is 11.6. The number of carbonyl (C=O) groups is 1. The third kappa shape index (κ3) is 2.23. The van der Waals surface area contributed by atoms with Crippen LogP contribution in [0.15, 0.2) is 0 Å². The maximum Gasteiger partial charge on any atom is 0.310 e. The van der Waals surface area contributed by atoms with Crippen LogP contribution in [-0.2, 0) is 9.53 Å². The van der Waals surface area contributed by atoms with Crippen LogP contribution < -0.4 is 0 Å². The molecule has 1 saturated heterocycles. The fourth-order valence-electron chi connectivity index (χ4n) is 4.03. The molecule has 0 aromatic rings. The number of hydrogen-bond donors (Lipinski definition) is 0. The standard InChI is InChI=1S/C11H16O2.C4H10/c1-11(2)9-7-4-3-6(5-7)8(9)10(12)13-11;1-4(2)3/h6-9H,3-5H2,1-2H3;4H,1-3H3. The van der Waals surface area contributed by atoms with Gasteiger partial charge in [-0.2, -0.15) is 0 Å². The van der Waals surface area contributed by atoms with E-state index in [1.807, 2.05) is 0 Å². The number of hydrogen-bond acceptors (Lipinski definition) is 2. The molecule has 1 heterocycles. The molecule has 98 valence electrons. The quantitative estimate of drug-likeness (QED) is 0.602. The lowest BCUT2D eigenvalue weighted by Crippen LogP contribution is -2.33. The Bertz CT molecular complexity index is 303. The average molecular weight is 238 g/mol. The fourth-order valence-corrected chi connectivity index (χ4v) is 4.03. The summed E-state index contributed by atoms with van der Waals surface area (Å²) in [7, 11) is 0. The molecule has 2 saturated carbocycles. The van der Waals surface area contributed by atoms with E-state index < -0.39 is 0 Å². The SMILES string of the molecule is CC(C)C.CC1(C)OC(=O)C2C3CCC(C3)C21. The van der Waals surface area contributed by atoms with Crippen LogP contribution in [0.25, 0.3) is 0 Å². The Labute approximate surface area is 105 Å². The Hall–Kier alpha value is -0.530. The van der Waals surface area contributed by atoms with E-state index in [0.29, 0.717) is 11.8 Å². The number of ether oxygens (including phenoxy) is 1. The van der Waals surface area contributed by atoms with Crippen molar-refractivity contribution in [3.05, 3.63) is 0 Å². The van der Waals surface area contributed by atoms with Crippen LogP contribution in [0.3, 0.4) is 0 Å². The third-order valence-corrected chi connectivity index (χ3v) is 4.35. The number of carbonyl (C=O) groups excluding carboxylic acids is 1. The van der Waals surface area contributed by atoms with Gasteiger partial charge in [0.15, 0.2) is 0 Å². The highest BCUT2D eigenvalue weighted by atomic mass is 16.6. The zero-order valence-corrected chi connectivity index (χ0v) is 11.8. The highest BCUT2D eigenvalue weighted by Gasteiger charge is 2.62. The van der Waals surface area contributed by atoms with E-state index in [1.165, 1.54) is 19.3 Å². The van der Waals surface area contributed by atoms with Crippen LogP contribution in [-0.4, -0.2) is 11.6 Å². The van der Waals surface area contributed by atoms with Gasteiger partial charge in [0.2, 0.25) is 0 Å². The lowest BCUT2D eigenvalue weighted by Gasteiger charge is -2.30. The number of esters is 1. The van der Waals surface area contributed by atoms with Crippen molar-refractivity contribution < 1.29 is 9.53 Å². The molecule has 0 amide bonds. The van der Waals surface area contributed by atoms with Gasteiger partial charge >= 0.3 is 5.97 Å². The summed E-state index contributed by atoms with van der Waals surface area (Å²) in [4.78, 5) is 11.6. The largest absolute Gasteiger partial charge is 0.459 e. The molecule has 3 fully saturated rings. The summed E-state index contributed by atoms with van der Waals surface area (Å²) in [6, 6.07) is 0. The van der Waals surface area contributed by atoms with Crippen molar-refractivity contribution in [2.24, 2.45) is 29.6 Å². The normalized spacial score (nSPS) is 40.9. The molecule has 0 spiro atoms. The minimum Gasteiger partial charge on any atom is -0.459 e. The van der Waals surface area contributed by atoms with E-state index in [1.54, 1.807) is 0 Å². The molecule has 1 aliphatic heterocycles. The van der Waals surface area contributed by atoms with Crippen molar-refractivity contribution in [1.82, 2.24) is 0 Å². The molecule has 4 unspecified atom stereocenters. The lowest BCUT2D eigenvalue weighted by atomic mass is 9.74. The lowest BCUT2D eigenvalue weighted by molar-refractivity contribution is -0.150. The van der Waals surface area contributed by atoms with Crippen molar-refractivity contribution in [3.63, 3.8) is 0 Å². The van der Waals surface area contributed by atoms with Crippen molar-refractivity contribution in [2.75, 3.05) is 0 Å². The Morgan fingerprint density at radius 1 is 1.18 bits per heavy atom. The molecule has 2 aliphatic carbocycles. The second-order valence-corrected chi connectivity index (χ2v) is 7.14. The molecule has 0 aromatic heterocycles. The Morgan fingerprint density at radius 3 is 2.24 bits per heavy atom. The first-order valence-electron chi connectivity index (χ1n) is 7.05. The molecule has 4 atom stereocenters. The summed E-state index contributed by atoms with van der Waals surface area (Å²) in [5.41, 5.74) is -0.179. The molecule has 2 bridgehead atoms. The third-order valence-electron chi connectivity index (χ3n) is 4.35. The van der Waals surface area contributed by atoms with Gasteiger partial charge in [-0.15, -0.1) is 0 Å². The summed E-state index contributed by atoms with van der Waals surface area (Å²) in [5, 5.41) is 0. The predicted octanol–water partition coefficient (Wildman–Crippen LogP) is 3.65. The molecular weight excluding hydrogens is 212 g/mol. The molecule has 0 aromatic carbocycles. The van der Waals surface area contributed by atoms with E-state index in [2.05, 4.69) is 34.6 Å². The van der Waals surface area contributed by atoms with E-state index in [4.69, 9.17) is 4.74 Å². The summed E-state index contributed by atoms with van der Waals surface area (Å²) >= 11 is 0. The number of fused-ring (bicyclic) bond motifs is 5. The summed E-state index contributed by atoms with van der Waals surface area (Å²) < 4.78 is 5.46. The van der Waals surface area contributed by atoms with Gasteiger partial charge in [-0.25, -0.2) is 0 Å². The monoisotopic (exact) mass is 238 g/mol. The van der Waals surface area contributed by atoms with Gasteiger partial charge in [-0.1, -0.05) is 20.8 Å². The van der Waals surface area contributed by atoms with Crippen LogP contribution in [0.2, 0.25) is 0 Å². The van der Waals surface area contributed by atoms with Gasteiger partial charge in [0.05, 0.1) is 5.92 Å². The second kappa shape index (κ2) is 4.29. The topological polar surface area (TPSA) is 26.3 Å². The Balaban J connectivity index is 0.000000239. The fraction of sp³-hybridized carbons (Fsp3) is 0.933. The van der Waals surface area contributed by atoms with Crippen molar-refractivity contribution >= 4 is 5.97 Å². The number of rotatable bonds is 0. The summed E-state index contributed by atoms with van der Waals surface area (Å²) in [6.45, 7) is 10.7. The van der Waals surface area contributed by atoms with E-state index in [-0.39, 0.29) is 17.5 Å². The average Bonchev–Trinajstić information content (AvgIpc) is 2.77. The molecule has 0 N–H and O–H groups in total. The van der Waals surface area contributed by atoms with Gasteiger partial charge in [0.1, 0.15) is 5.60 Å². The van der Waals surface area contributed by atoms with Crippen LogP contribution in [0.5, 0.6) is 0 Å². The van der Waals surface area contributed by atoms with E-state index in [0.717, 1.165) is 11.8 Å². The highest BCUT2D eigenvalue weighted by Crippen LogP contribution is 2.60. The first-order valence-corrected chi connectivity index (χ1v) is 7.05. The molecule has 17 heavy (non-hydrogen) atoms. The Kier molecular flexibility index (Phi) is 3.26. The predicted molar refractivity (Wildman–Crippen MR) is 68.5 cm³/mol. The van der Waals surface area contributed by atoms with Gasteiger partial charge in [-0.05, 0) is 50.9 Å². The molecule has 0 radical (unpaired) electrons. The molecule has 3 rings (SSSR count). The maximum absolute atomic E-state index is 11.6. The molecule has 3 aliphatic rings.